The first-order valence-electron chi connectivity index (χ1n) is 1.64. The molecule has 0 fully saturated rings. The smallest absolute Gasteiger partial charge is 1.00 e. The number of ether oxygens (including phenoxy) is 1. The van der Waals surface area contributed by atoms with Crippen molar-refractivity contribution in [2.24, 2.45) is 0 Å². The maximum atomic E-state index is 4.54. The fourth-order valence-electron chi connectivity index (χ4n) is 0.0913. The second-order valence-electron chi connectivity index (χ2n) is 0.821. The van der Waals surface area contributed by atoms with E-state index in [9.17, 15) is 0 Å². The molecule has 0 radical (unpaired) electrons. The average Bonchev–Trinajstić information content (AvgIpc) is 1.65. The van der Waals surface area contributed by atoms with E-state index in [4.69, 9.17) is 0 Å². The molecule has 0 unspecified atom stereocenters. The van der Waals surface area contributed by atoms with Gasteiger partial charge in [0.2, 0.25) is 0 Å². The summed E-state index contributed by atoms with van der Waals surface area (Å²) in [4.78, 5) is 0. The summed E-state index contributed by atoms with van der Waals surface area (Å²) in [6.45, 7) is 0. The van der Waals surface area contributed by atoms with Gasteiger partial charge in [0.05, 0.1) is 0 Å². The van der Waals surface area contributed by atoms with Crippen LogP contribution in [0, 0.1) is 0 Å². The topological polar surface area (TPSA) is 23.3 Å². The Morgan fingerprint density at radius 3 is 2.14 bits per heavy atom. The molecule has 0 aromatic rings. The Hall–Kier alpha value is 1.44. The molecule has 32 valence electrons. The molecule has 0 spiro atoms. The van der Waals surface area contributed by atoms with E-state index in [-0.39, 0.29) is 58.2 Å². The molecule has 0 saturated heterocycles. The fourth-order valence-corrected chi connectivity index (χ4v) is 0.0913. The number of rotatable bonds is 2. The number of hydrogen-bond acceptors (Lipinski definition) is 1. The van der Waals surface area contributed by atoms with Gasteiger partial charge >= 0.3 is 97.0 Å². The molecule has 0 atom stereocenters. The van der Waals surface area contributed by atoms with Crippen molar-refractivity contribution >= 4 is 14.6 Å². The molecule has 0 amide bonds. The van der Waals surface area contributed by atoms with Crippen molar-refractivity contribution in [3.8, 4) is 0 Å². The Morgan fingerprint density at radius 1 is 1.71 bits per heavy atom. The SMILES string of the molecule is [Be]=[C]([N-]C)OC.[Rb+]. The zero-order valence-electron chi connectivity index (χ0n) is 5.06. The molecule has 0 aromatic carbocycles. The maximum absolute atomic E-state index is 4.54. The molecule has 0 aliphatic rings. The van der Waals surface area contributed by atoms with Crippen LogP contribution in [0.2, 0.25) is 0 Å². The van der Waals surface area contributed by atoms with Gasteiger partial charge in [0.25, 0.3) is 0 Å². The van der Waals surface area contributed by atoms with Gasteiger partial charge in [-0.3, -0.25) is 0 Å². The van der Waals surface area contributed by atoms with Gasteiger partial charge in [-0.2, -0.15) is 0 Å². The van der Waals surface area contributed by atoms with Crippen molar-refractivity contribution in [2.45, 2.75) is 0 Å². The quantitative estimate of drug-likeness (QED) is 0.399. The molecule has 0 N–H and O–H groups in total. The van der Waals surface area contributed by atoms with Crippen LogP contribution in [0.4, 0.5) is 0 Å². The van der Waals surface area contributed by atoms with Gasteiger partial charge in [0.15, 0.2) is 0 Å². The summed E-state index contributed by atoms with van der Waals surface area (Å²) in [5.74, 6) is 0. The van der Waals surface area contributed by atoms with Gasteiger partial charge < -0.3 is 0 Å². The normalized spacial score (nSPS) is 6.29. The Labute approximate surface area is 95.2 Å². The summed E-state index contributed by atoms with van der Waals surface area (Å²) in [5, 5.41) is 3.59. The van der Waals surface area contributed by atoms with Gasteiger partial charge in [-0.15, -0.1) is 0 Å². The van der Waals surface area contributed by atoms with Crippen LogP contribution >= 0.6 is 0 Å². The van der Waals surface area contributed by atoms with E-state index in [0.29, 0.717) is 5.58 Å². The number of hydrogen-bond donors (Lipinski definition) is 0. The van der Waals surface area contributed by atoms with E-state index in [1.54, 1.807) is 7.05 Å². The van der Waals surface area contributed by atoms with E-state index >= 15 is 0 Å². The second kappa shape index (κ2) is 7.44. The Morgan fingerprint density at radius 2 is 2.14 bits per heavy atom. The molecular formula is C3H6BeNORb. The minimum absolute atomic E-state index is 0. The molecule has 2 nitrogen and oxygen atoms in total. The second-order valence-corrected chi connectivity index (χ2v) is 0.821. The van der Waals surface area contributed by atoms with Crippen LogP contribution in [0.3, 0.4) is 0 Å². The van der Waals surface area contributed by atoms with E-state index in [0.717, 1.165) is 0 Å². The Bertz CT molecular complexity index is 52.9. The summed E-state index contributed by atoms with van der Waals surface area (Å²) in [5.41, 5.74) is 0.468. The van der Waals surface area contributed by atoms with Crippen LogP contribution in [0.1, 0.15) is 0 Å². The minimum Gasteiger partial charge on any atom is 1.00 e. The Kier molecular flexibility index (Phi) is 12.0. The summed E-state index contributed by atoms with van der Waals surface area (Å²) < 4.78 is 4.54. The third-order valence-electron chi connectivity index (χ3n) is 0.485. The van der Waals surface area contributed by atoms with Crippen LogP contribution in [-0.2, 0) is 4.74 Å². The van der Waals surface area contributed by atoms with Crippen molar-refractivity contribution in [1.29, 1.82) is 0 Å². The summed E-state index contributed by atoms with van der Waals surface area (Å²) in [6, 6.07) is 0. The monoisotopic (exact) mass is 166 g/mol. The van der Waals surface area contributed by atoms with Crippen LogP contribution in [-0.4, -0.2) is 28.8 Å². The standard InChI is InChI=1S/C3H6NO.Be.Rb/c1-4-3-5-2;;/h1-2H3;;/q-1;;+1. The van der Waals surface area contributed by atoms with Crippen LogP contribution in [0.5, 0.6) is 0 Å². The first-order valence-corrected chi connectivity index (χ1v) is 1.64. The third kappa shape index (κ3) is 7.44. The van der Waals surface area contributed by atoms with Crippen molar-refractivity contribution in [2.75, 3.05) is 14.2 Å². The van der Waals surface area contributed by atoms with Gasteiger partial charge in [-0.1, -0.05) is 0 Å². The van der Waals surface area contributed by atoms with Crippen molar-refractivity contribution in [1.82, 2.24) is 0 Å². The number of nitrogens with zero attached hydrogens (tertiary/aromatic N) is 1. The summed E-state index contributed by atoms with van der Waals surface area (Å²) >= 11 is 0. The predicted molar refractivity (Wildman–Crippen MR) is 27.1 cm³/mol. The van der Waals surface area contributed by atoms with E-state index < -0.39 is 0 Å². The molecule has 0 heterocycles. The van der Waals surface area contributed by atoms with Gasteiger partial charge in [-0.05, 0) is 0 Å². The zero-order valence-corrected chi connectivity index (χ0v) is 9.98. The first kappa shape index (κ1) is 11.3. The van der Waals surface area contributed by atoms with Crippen LogP contribution < -0.4 is 58.2 Å². The van der Waals surface area contributed by atoms with Crippen LogP contribution in [0.25, 0.3) is 5.32 Å². The molecule has 0 aliphatic heterocycles. The first-order chi connectivity index (χ1) is 2.81. The number of methoxy groups -OCH3 is 1. The Balaban J connectivity index is 0. The molecule has 0 aliphatic carbocycles. The molecule has 4 heteroatoms. The van der Waals surface area contributed by atoms with Crippen LogP contribution in [0.15, 0.2) is 0 Å². The maximum Gasteiger partial charge on any atom is 1.00 e. The molecular weight excluding hydrogens is 161 g/mol. The molecule has 7 heavy (non-hydrogen) atoms. The molecule has 0 aromatic heterocycles. The van der Waals surface area contributed by atoms with Crippen molar-refractivity contribution in [3.05, 3.63) is 5.32 Å². The van der Waals surface area contributed by atoms with E-state index in [2.05, 4.69) is 19.1 Å². The fraction of sp³-hybridized carbons (Fsp3) is 0.667. The zero-order chi connectivity index (χ0) is 4.99. The van der Waals surface area contributed by atoms with Gasteiger partial charge in [0, 0.05) is 0 Å². The largest absolute Gasteiger partial charge is 1.00 e. The van der Waals surface area contributed by atoms with Crippen molar-refractivity contribution in [3.63, 3.8) is 0 Å². The van der Waals surface area contributed by atoms with E-state index in [1.807, 2.05) is 0 Å². The summed E-state index contributed by atoms with van der Waals surface area (Å²) in [6.07, 6.45) is 0. The van der Waals surface area contributed by atoms with Gasteiger partial charge in [-0.25, -0.2) is 0 Å². The van der Waals surface area contributed by atoms with Gasteiger partial charge in [0.1, 0.15) is 0 Å². The minimum atomic E-state index is 0. The molecule has 0 saturated carbocycles. The third-order valence-corrected chi connectivity index (χ3v) is 0.485. The average molecular weight is 167 g/mol. The molecule has 0 bridgehead atoms. The van der Waals surface area contributed by atoms with Crippen molar-refractivity contribution < 1.29 is 62.9 Å². The summed E-state index contributed by atoms with van der Waals surface area (Å²) in [7, 11) is 6.57. The molecule has 0 rings (SSSR count). The predicted octanol–water partition coefficient (Wildman–Crippen LogP) is -3.10. The van der Waals surface area contributed by atoms with E-state index in [1.165, 1.54) is 7.11 Å².